The summed E-state index contributed by atoms with van der Waals surface area (Å²) in [7, 11) is -2.43. The second kappa shape index (κ2) is 7.98. The molecule has 150 valence electrons. The predicted molar refractivity (Wildman–Crippen MR) is 105 cm³/mol. The van der Waals surface area contributed by atoms with E-state index in [1.807, 2.05) is 32.0 Å². The van der Waals surface area contributed by atoms with Crippen LogP contribution in [0.4, 0.5) is 10.1 Å². The Hall–Kier alpha value is -2.29. The van der Waals surface area contributed by atoms with Gasteiger partial charge in [-0.1, -0.05) is 12.1 Å². The predicted octanol–water partition coefficient (Wildman–Crippen LogP) is 2.74. The molecule has 28 heavy (non-hydrogen) atoms. The van der Waals surface area contributed by atoms with Crippen LogP contribution < -0.4 is 4.90 Å². The highest BCUT2D eigenvalue weighted by Gasteiger charge is 2.30. The van der Waals surface area contributed by atoms with E-state index in [4.69, 9.17) is 4.74 Å². The van der Waals surface area contributed by atoms with Crippen LogP contribution in [-0.4, -0.2) is 52.0 Å². The average Bonchev–Trinajstić information content (AvgIpc) is 2.69. The Balaban J connectivity index is 1.96. The zero-order chi connectivity index (χ0) is 20.5. The van der Waals surface area contributed by atoms with Gasteiger partial charge in [0.25, 0.3) is 5.91 Å². The van der Waals surface area contributed by atoms with Gasteiger partial charge in [-0.3, -0.25) is 4.79 Å². The molecule has 6 nitrogen and oxygen atoms in total. The molecule has 0 aromatic heterocycles. The molecule has 0 radical (unpaired) electrons. The van der Waals surface area contributed by atoms with E-state index in [9.17, 15) is 17.6 Å². The lowest BCUT2D eigenvalue weighted by Gasteiger charge is -2.26. The van der Waals surface area contributed by atoms with Gasteiger partial charge in [0.15, 0.2) is 0 Å². The van der Waals surface area contributed by atoms with E-state index in [-0.39, 0.29) is 31.9 Å². The number of halogens is 1. The number of carbonyl (C=O) groups is 1. The number of sulfonamides is 1. The molecule has 0 N–H and O–H groups in total. The SMILES string of the molecule is Cc1ccc(C)c(N(C)C(=O)c2ccc(F)c(S(=O)(=O)N3CCOCC3)c2)c1. The van der Waals surface area contributed by atoms with Gasteiger partial charge >= 0.3 is 0 Å². The van der Waals surface area contributed by atoms with Gasteiger partial charge in [0.05, 0.1) is 13.2 Å². The van der Waals surface area contributed by atoms with Crippen LogP contribution in [0.25, 0.3) is 0 Å². The number of morpholine rings is 1. The number of rotatable bonds is 4. The van der Waals surface area contributed by atoms with Gasteiger partial charge in [0.2, 0.25) is 10.0 Å². The van der Waals surface area contributed by atoms with Crippen molar-refractivity contribution < 1.29 is 22.3 Å². The highest BCUT2D eigenvalue weighted by Crippen LogP contribution is 2.25. The number of hydrogen-bond acceptors (Lipinski definition) is 4. The van der Waals surface area contributed by atoms with Gasteiger partial charge < -0.3 is 9.64 Å². The Bertz CT molecular complexity index is 1000. The van der Waals surface area contributed by atoms with Gasteiger partial charge in [-0.05, 0) is 49.2 Å². The summed E-state index contributed by atoms with van der Waals surface area (Å²) >= 11 is 0. The molecule has 0 unspecified atom stereocenters. The first-order valence-corrected chi connectivity index (χ1v) is 10.4. The third kappa shape index (κ3) is 3.94. The van der Waals surface area contributed by atoms with Crippen molar-refractivity contribution in [2.75, 3.05) is 38.3 Å². The van der Waals surface area contributed by atoms with Crippen molar-refractivity contribution in [3.63, 3.8) is 0 Å². The monoisotopic (exact) mass is 406 g/mol. The minimum atomic E-state index is -4.05. The number of benzene rings is 2. The zero-order valence-corrected chi connectivity index (χ0v) is 16.9. The molecule has 1 aliphatic heterocycles. The number of hydrogen-bond donors (Lipinski definition) is 0. The van der Waals surface area contributed by atoms with E-state index in [1.54, 1.807) is 7.05 Å². The fraction of sp³-hybridized carbons (Fsp3) is 0.350. The fourth-order valence-electron chi connectivity index (χ4n) is 3.14. The summed E-state index contributed by atoms with van der Waals surface area (Å²) < 4.78 is 46.4. The number of amides is 1. The molecule has 0 bridgehead atoms. The number of carbonyl (C=O) groups excluding carboxylic acids is 1. The minimum absolute atomic E-state index is 0.108. The highest BCUT2D eigenvalue weighted by atomic mass is 32.2. The first kappa shape index (κ1) is 20.4. The summed E-state index contributed by atoms with van der Waals surface area (Å²) in [6, 6.07) is 9.18. The van der Waals surface area contributed by atoms with E-state index in [0.717, 1.165) is 23.3 Å². The molecule has 0 atom stereocenters. The molecule has 3 rings (SSSR count). The maximum Gasteiger partial charge on any atom is 0.258 e. The van der Waals surface area contributed by atoms with Crippen molar-refractivity contribution in [3.8, 4) is 0 Å². The van der Waals surface area contributed by atoms with E-state index in [1.165, 1.54) is 15.3 Å². The number of anilines is 1. The Kier molecular flexibility index (Phi) is 5.83. The fourth-order valence-corrected chi connectivity index (χ4v) is 4.64. The zero-order valence-electron chi connectivity index (χ0n) is 16.1. The van der Waals surface area contributed by atoms with Crippen LogP contribution in [0, 0.1) is 19.7 Å². The van der Waals surface area contributed by atoms with Crippen molar-refractivity contribution in [3.05, 3.63) is 58.9 Å². The summed E-state index contributed by atoms with van der Waals surface area (Å²) in [5, 5.41) is 0. The molecule has 1 heterocycles. The Morgan fingerprint density at radius 3 is 2.46 bits per heavy atom. The molecule has 0 aliphatic carbocycles. The normalized spacial score (nSPS) is 15.4. The third-order valence-corrected chi connectivity index (χ3v) is 6.71. The van der Waals surface area contributed by atoms with Crippen molar-refractivity contribution in [2.45, 2.75) is 18.7 Å². The van der Waals surface area contributed by atoms with Gasteiger partial charge in [-0.15, -0.1) is 0 Å². The van der Waals surface area contributed by atoms with E-state index >= 15 is 0 Å². The van der Waals surface area contributed by atoms with E-state index in [0.29, 0.717) is 5.69 Å². The molecule has 1 aliphatic rings. The standard InChI is InChI=1S/C20H23FN2O4S/c1-14-4-5-15(2)18(12-14)22(3)20(24)16-6-7-17(21)19(13-16)28(25,26)23-8-10-27-11-9-23/h4-7,12-13H,8-11H2,1-3H3. The minimum Gasteiger partial charge on any atom is -0.379 e. The molecule has 2 aromatic carbocycles. The molecule has 1 fully saturated rings. The third-order valence-electron chi connectivity index (χ3n) is 4.80. The van der Waals surface area contributed by atoms with Gasteiger partial charge in [-0.25, -0.2) is 12.8 Å². The Morgan fingerprint density at radius 2 is 1.79 bits per heavy atom. The van der Waals surface area contributed by atoms with Crippen LogP contribution in [0.2, 0.25) is 0 Å². The molecule has 8 heteroatoms. The molecule has 1 saturated heterocycles. The lowest BCUT2D eigenvalue weighted by Crippen LogP contribution is -2.41. The smallest absolute Gasteiger partial charge is 0.258 e. The second-order valence-electron chi connectivity index (χ2n) is 6.82. The summed E-state index contributed by atoms with van der Waals surface area (Å²) in [5.74, 6) is -1.29. The number of aryl methyl sites for hydroxylation is 2. The highest BCUT2D eigenvalue weighted by molar-refractivity contribution is 7.89. The van der Waals surface area contributed by atoms with Crippen LogP contribution in [0.5, 0.6) is 0 Å². The largest absolute Gasteiger partial charge is 0.379 e. The molecule has 0 saturated carbocycles. The van der Waals surface area contributed by atoms with Gasteiger partial charge in [0.1, 0.15) is 10.7 Å². The van der Waals surface area contributed by atoms with Crippen molar-refractivity contribution >= 4 is 21.6 Å². The molecule has 0 spiro atoms. The molecular formula is C20H23FN2O4S. The Morgan fingerprint density at radius 1 is 1.11 bits per heavy atom. The van der Waals surface area contributed by atoms with E-state index < -0.39 is 26.6 Å². The maximum absolute atomic E-state index is 14.4. The van der Waals surface area contributed by atoms with Crippen LogP contribution >= 0.6 is 0 Å². The lowest BCUT2D eigenvalue weighted by molar-refractivity contribution is 0.0729. The Labute approximate surface area is 164 Å². The molecular weight excluding hydrogens is 383 g/mol. The number of nitrogens with zero attached hydrogens (tertiary/aromatic N) is 2. The quantitative estimate of drug-likeness (QED) is 0.783. The second-order valence-corrected chi connectivity index (χ2v) is 8.72. The van der Waals surface area contributed by atoms with Crippen molar-refractivity contribution in [2.24, 2.45) is 0 Å². The van der Waals surface area contributed by atoms with Gasteiger partial charge in [0, 0.05) is 31.4 Å². The van der Waals surface area contributed by atoms with Crippen LogP contribution in [0.3, 0.4) is 0 Å². The number of ether oxygens (including phenoxy) is 1. The lowest BCUT2D eigenvalue weighted by atomic mass is 10.1. The molecule has 1 amide bonds. The first-order chi connectivity index (χ1) is 13.2. The van der Waals surface area contributed by atoms with Crippen molar-refractivity contribution in [1.82, 2.24) is 4.31 Å². The van der Waals surface area contributed by atoms with Crippen LogP contribution in [0.1, 0.15) is 21.5 Å². The van der Waals surface area contributed by atoms with Crippen LogP contribution in [-0.2, 0) is 14.8 Å². The van der Waals surface area contributed by atoms with Gasteiger partial charge in [-0.2, -0.15) is 4.31 Å². The molecule has 2 aromatic rings. The average molecular weight is 406 g/mol. The summed E-state index contributed by atoms with van der Waals surface area (Å²) in [4.78, 5) is 13.9. The topological polar surface area (TPSA) is 66.9 Å². The first-order valence-electron chi connectivity index (χ1n) is 8.94. The maximum atomic E-state index is 14.4. The van der Waals surface area contributed by atoms with Crippen LogP contribution in [0.15, 0.2) is 41.3 Å². The van der Waals surface area contributed by atoms with E-state index in [2.05, 4.69) is 0 Å². The van der Waals surface area contributed by atoms with Crippen molar-refractivity contribution in [1.29, 1.82) is 0 Å². The summed E-state index contributed by atoms with van der Waals surface area (Å²) in [5.41, 5.74) is 2.73. The summed E-state index contributed by atoms with van der Waals surface area (Å²) in [6.07, 6.45) is 0. The summed E-state index contributed by atoms with van der Waals surface area (Å²) in [6.45, 7) is 4.64.